The van der Waals surface area contributed by atoms with Crippen molar-refractivity contribution >= 4 is 0 Å². The molecular weight excluding hydrogens is 248 g/mol. The van der Waals surface area contributed by atoms with Crippen LogP contribution in [0.4, 0.5) is 0 Å². The Bertz CT molecular complexity index is 279. The number of rotatable bonds is 5. The number of hydrogen-bond acceptors (Lipinski definition) is 3. The normalized spacial score (nSPS) is 35.7. The summed E-state index contributed by atoms with van der Waals surface area (Å²) in [5.74, 6) is 2.43. The molecule has 1 atom stereocenters. The van der Waals surface area contributed by atoms with Gasteiger partial charge in [-0.1, -0.05) is 13.8 Å². The Hall–Kier alpha value is -0.120. The van der Waals surface area contributed by atoms with Crippen molar-refractivity contribution < 1.29 is 4.74 Å². The summed E-state index contributed by atoms with van der Waals surface area (Å²) in [6.07, 6.45) is 7.79. The molecule has 0 spiro atoms. The fourth-order valence-electron chi connectivity index (χ4n) is 4.12. The van der Waals surface area contributed by atoms with Crippen LogP contribution in [0.2, 0.25) is 0 Å². The Balaban J connectivity index is 1.89. The second-order valence-corrected chi connectivity index (χ2v) is 7.47. The van der Waals surface area contributed by atoms with Gasteiger partial charge in [0.2, 0.25) is 0 Å². The van der Waals surface area contributed by atoms with Gasteiger partial charge in [0, 0.05) is 25.2 Å². The van der Waals surface area contributed by atoms with Gasteiger partial charge in [-0.25, -0.2) is 0 Å². The Morgan fingerprint density at radius 2 is 1.95 bits per heavy atom. The summed E-state index contributed by atoms with van der Waals surface area (Å²) in [6.45, 7) is 8.59. The van der Waals surface area contributed by atoms with Crippen LogP contribution in [0.1, 0.15) is 52.4 Å². The Kier molecular flexibility index (Phi) is 5.88. The topological polar surface area (TPSA) is 38.5 Å². The maximum Gasteiger partial charge on any atom is 0.0506 e. The molecule has 1 saturated carbocycles. The Labute approximate surface area is 125 Å². The summed E-state index contributed by atoms with van der Waals surface area (Å²) < 4.78 is 5.63. The number of nitrogens with two attached hydrogens (primary N) is 1. The van der Waals surface area contributed by atoms with Crippen molar-refractivity contribution in [2.75, 3.05) is 33.4 Å². The van der Waals surface area contributed by atoms with E-state index in [0.29, 0.717) is 5.92 Å². The summed E-state index contributed by atoms with van der Waals surface area (Å²) in [7, 11) is 2.29. The first-order chi connectivity index (χ1) is 9.57. The van der Waals surface area contributed by atoms with E-state index >= 15 is 0 Å². The summed E-state index contributed by atoms with van der Waals surface area (Å²) in [5, 5.41) is 0. The van der Waals surface area contributed by atoms with Crippen LogP contribution in [-0.2, 0) is 4.74 Å². The van der Waals surface area contributed by atoms with E-state index in [-0.39, 0.29) is 5.54 Å². The number of hydrogen-bond donors (Lipinski definition) is 1. The highest BCUT2D eigenvalue weighted by atomic mass is 16.5. The van der Waals surface area contributed by atoms with E-state index in [2.05, 4.69) is 25.8 Å². The second-order valence-electron chi connectivity index (χ2n) is 7.47. The van der Waals surface area contributed by atoms with Crippen LogP contribution < -0.4 is 5.73 Å². The molecule has 2 fully saturated rings. The third-order valence-electron chi connectivity index (χ3n) is 5.88. The van der Waals surface area contributed by atoms with Crippen LogP contribution in [0, 0.1) is 17.8 Å². The highest BCUT2D eigenvalue weighted by Crippen LogP contribution is 2.38. The fraction of sp³-hybridized carbons (Fsp3) is 1.00. The number of nitrogens with zero attached hydrogens (tertiary/aromatic N) is 1. The molecule has 2 aliphatic rings. The molecule has 1 unspecified atom stereocenters. The Morgan fingerprint density at radius 1 is 1.25 bits per heavy atom. The molecule has 1 heterocycles. The lowest BCUT2D eigenvalue weighted by Gasteiger charge is -2.48. The van der Waals surface area contributed by atoms with Crippen molar-refractivity contribution in [2.45, 2.75) is 57.9 Å². The van der Waals surface area contributed by atoms with E-state index in [9.17, 15) is 0 Å². The van der Waals surface area contributed by atoms with Crippen molar-refractivity contribution in [1.82, 2.24) is 4.90 Å². The standard InChI is InChI=1S/C17H34N2O/c1-14(2)16-6-8-17(13-18,9-7-16)19(3)11-15-5-4-10-20-12-15/h14-16H,4-13,18H2,1-3H3. The van der Waals surface area contributed by atoms with E-state index in [1.807, 2.05) is 0 Å². The molecule has 0 radical (unpaired) electrons. The lowest BCUT2D eigenvalue weighted by Crippen LogP contribution is -2.56. The van der Waals surface area contributed by atoms with Crippen molar-refractivity contribution in [1.29, 1.82) is 0 Å². The van der Waals surface area contributed by atoms with E-state index < -0.39 is 0 Å². The molecule has 3 nitrogen and oxygen atoms in total. The molecule has 0 bridgehead atoms. The van der Waals surface area contributed by atoms with Gasteiger partial charge in [0.1, 0.15) is 0 Å². The predicted molar refractivity (Wildman–Crippen MR) is 84.8 cm³/mol. The zero-order valence-electron chi connectivity index (χ0n) is 13.7. The van der Waals surface area contributed by atoms with Crippen molar-refractivity contribution in [2.24, 2.45) is 23.5 Å². The SMILES string of the molecule is CC(C)C1CCC(CN)(N(C)CC2CCCOC2)CC1. The van der Waals surface area contributed by atoms with Gasteiger partial charge in [-0.05, 0) is 63.3 Å². The van der Waals surface area contributed by atoms with E-state index in [1.165, 1.54) is 38.5 Å². The van der Waals surface area contributed by atoms with Crippen LogP contribution in [-0.4, -0.2) is 43.8 Å². The van der Waals surface area contributed by atoms with Gasteiger partial charge < -0.3 is 10.5 Å². The molecule has 0 aromatic carbocycles. The van der Waals surface area contributed by atoms with Crippen LogP contribution in [0.3, 0.4) is 0 Å². The summed E-state index contributed by atoms with van der Waals surface area (Å²) in [5.41, 5.74) is 6.45. The van der Waals surface area contributed by atoms with Crippen LogP contribution in [0.25, 0.3) is 0 Å². The lowest BCUT2D eigenvalue weighted by molar-refractivity contribution is 0.00240. The van der Waals surface area contributed by atoms with Gasteiger partial charge in [-0.15, -0.1) is 0 Å². The minimum Gasteiger partial charge on any atom is -0.381 e. The van der Waals surface area contributed by atoms with Gasteiger partial charge in [-0.2, -0.15) is 0 Å². The van der Waals surface area contributed by atoms with Crippen LogP contribution in [0.5, 0.6) is 0 Å². The highest BCUT2D eigenvalue weighted by molar-refractivity contribution is 4.95. The molecule has 1 aliphatic heterocycles. The highest BCUT2D eigenvalue weighted by Gasteiger charge is 2.38. The summed E-state index contributed by atoms with van der Waals surface area (Å²) in [6, 6.07) is 0. The molecule has 0 aromatic heterocycles. The van der Waals surface area contributed by atoms with Gasteiger partial charge in [0.15, 0.2) is 0 Å². The minimum absolute atomic E-state index is 0.253. The van der Waals surface area contributed by atoms with Gasteiger partial charge >= 0.3 is 0 Å². The maximum atomic E-state index is 6.19. The molecule has 118 valence electrons. The predicted octanol–water partition coefficient (Wildman–Crippen LogP) is 2.89. The van der Waals surface area contributed by atoms with Gasteiger partial charge in [-0.3, -0.25) is 4.90 Å². The zero-order chi connectivity index (χ0) is 14.6. The molecule has 1 aliphatic carbocycles. The monoisotopic (exact) mass is 282 g/mol. The van der Waals surface area contributed by atoms with Gasteiger partial charge in [0.25, 0.3) is 0 Å². The van der Waals surface area contributed by atoms with Crippen molar-refractivity contribution in [3.8, 4) is 0 Å². The first kappa shape index (κ1) is 16.3. The first-order valence-electron chi connectivity index (χ1n) is 8.56. The third kappa shape index (κ3) is 3.75. The minimum atomic E-state index is 0.253. The van der Waals surface area contributed by atoms with E-state index in [4.69, 9.17) is 10.5 Å². The lowest BCUT2D eigenvalue weighted by atomic mass is 9.72. The number of likely N-dealkylation sites (N-methyl/N-ethyl adjacent to an activating group) is 1. The molecule has 3 heteroatoms. The number of ether oxygens (including phenoxy) is 1. The maximum absolute atomic E-state index is 6.19. The van der Waals surface area contributed by atoms with E-state index in [1.54, 1.807) is 0 Å². The van der Waals surface area contributed by atoms with Gasteiger partial charge in [0.05, 0.1) is 6.61 Å². The molecule has 1 saturated heterocycles. The molecule has 20 heavy (non-hydrogen) atoms. The average Bonchev–Trinajstić information content (AvgIpc) is 2.48. The molecule has 2 N–H and O–H groups in total. The molecule has 2 rings (SSSR count). The van der Waals surface area contributed by atoms with Crippen LogP contribution >= 0.6 is 0 Å². The average molecular weight is 282 g/mol. The molecule has 0 aromatic rings. The first-order valence-corrected chi connectivity index (χ1v) is 8.56. The fourth-order valence-corrected chi connectivity index (χ4v) is 4.12. The summed E-state index contributed by atoms with van der Waals surface area (Å²) >= 11 is 0. The largest absolute Gasteiger partial charge is 0.381 e. The molecule has 0 amide bonds. The van der Waals surface area contributed by atoms with Crippen molar-refractivity contribution in [3.05, 3.63) is 0 Å². The third-order valence-corrected chi connectivity index (χ3v) is 5.88. The quantitative estimate of drug-likeness (QED) is 0.842. The Morgan fingerprint density at radius 3 is 2.45 bits per heavy atom. The smallest absolute Gasteiger partial charge is 0.0506 e. The second kappa shape index (κ2) is 7.24. The molecular formula is C17H34N2O. The zero-order valence-corrected chi connectivity index (χ0v) is 13.7. The van der Waals surface area contributed by atoms with E-state index in [0.717, 1.165) is 38.1 Å². The van der Waals surface area contributed by atoms with Crippen molar-refractivity contribution in [3.63, 3.8) is 0 Å². The van der Waals surface area contributed by atoms with Crippen LogP contribution in [0.15, 0.2) is 0 Å². The summed E-state index contributed by atoms with van der Waals surface area (Å²) in [4.78, 5) is 2.57.